The largest absolute Gasteiger partial charge is 0.339 e. The number of rotatable bonds is 2. The molecule has 0 bridgehead atoms. The first-order valence-corrected chi connectivity index (χ1v) is 4.21. The lowest BCUT2D eigenvalue weighted by molar-refractivity contribution is -0.127. The molecule has 0 fully saturated rings. The first-order valence-electron chi connectivity index (χ1n) is 4.21. The Labute approximate surface area is 67.9 Å². The SMILES string of the molecule is CCCN1CCC=C(C)C1=O. The molecule has 0 unspecified atom stereocenters. The van der Waals surface area contributed by atoms with Crippen LogP contribution in [-0.2, 0) is 4.79 Å². The van der Waals surface area contributed by atoms with Crippen molar-refractivity contribution in [1.82, 2.24) is 4.90 Å². The van der Waals surface area contributed by atoms with Crippen molar-refractivity contribution in [1.29, 1.82) is 0 Å². The zero-order valence-electron chi connectivity index (χ0n) is 7.26. The molecule has 0 atom stereocenters. The van der Waals surface area contributed by atoms with E-state index in [0.717, 1.165) is 31.5 Å². The van der Waals surface area contributed by atoms with Crippen molar-refractivity contribution < 1.29 is 4.79 Å². The summed E-state index contributed by atoms with van der Waals surface area (Å²) in [7, 11) is 0. The predicted molar refractivity (Wildman–Crippen MR) is 45.2 cm³/mol. The molecule has 11 heavy (non-hydrogen) atoms. The van der Waals surface area contributed by atoms with Gasteiger partial charge in [-0.3, -0.25) is 4.79 Å². The van der Waals surface area contributed by atoms with Crippen LogP contribution in [0.1, 0.15) is 26.7 Å². The topological polar surface area (TPSA) is 20.3 Å². The lowest BCUT2D eigenvalue weighted by Crippen LogP contribution is -2.35. The van der Waals surface area contributed by atoms with Gasteiger partial charge in [0.25, 0.3) is 0 Å². The van der Waals surface area contributed by atoms with Crippen LogP contribution >= 0.6 is 0 Å². The Morgan fingerprint density at radius 1 is 1.64 bits per heavy atom. The number of amides is 1. The second-order valence-corrected chi connectivity index (χ2v) is 2.97. The van der Waals surface area contributed by atoms with Crippen LogP contribution in [0.2, 0.25) is 0 Å². The normalized spacial score (nSPS) is 18.5. The Morgan fingerprint density at radius 3 is 3.00 bits per heavy atom. The standard InChI is InChI=1S/C9H15NO/c1-3-6-10-7-4-5-8(2)9(10)11/h5H,3-4,6-7H2,1-2H3. The zero-order valence-corrected chi connectivity index (χ0v) is 7.26. The highest BCUT2D eigenvalue weighted by Gasteiger charge is 2.16. The average molecular weight is 153 g/mol. The predicted octanol–water partition coefficient (Wildman–Crippen LogP) is 1.57. The van der Waals surface area contributed by atoms with Gasteiger partial charge in [-0.05, 0) is 19.8 Å². The van der Waals surface area contributed by atoms with E-state index in [1.54, 1.807) is 0 Å². The van der Waals surface area contributed by atoms with E-state index in [0.29, 0.717) is 0 Å². The minimum Gasteiger partial charge on any atom is -0.339 e. The van der Waals surface area contributed by atoms with Crippen LogP contribution in [-0.4, -0.2) is 23.9 Å². The van der Waals surface area contributed by atoms with Crippen molar-refractivity contribution >= 4 is 5.91 Å². The Bertz CT molecular complexity index is 184. The van der Waals surface area contributed by atoms with Crippen LogP contribution in [0, 0.1) is 0 Å². The van der Waals surface area contributed by atoms with Gasteiger partial charge >= 0.3 is 0 Å². The van der Waals surface area contributed by atoms with Gasteiger partial charge in [0.15, 0.2) is 0 Å². The fourth-order valence-corrected chi connectivity index (χ4v) is 1.36. The minimum atomic E-state index is 0.220. The van der Waals surface area contributed by atoms with E-state index in [1.807, 2.05) is 17.9 Å². The molecule has 0 spiro atoms. The molecule has 0 saturated carbocycles. The summed E-state index contributed by atoms with van der Waals surface area (Å²) in [6.07, 6.45) is 4.10. The number of carbonyl (C=O) groups is 1. The number of hydrogen-bond donors (Lipinski definition) is 0. The Kier molecular flexibility index (Phi) is 2.69. The van der Waals surface area contributed by atoms with Crippen LogP contribution in [0.5, 0.6) is 0 Å². The number of hydrogen-bond acceptors (Lipinski definition) is 1. The summed E-state index contributed by atoms with van der Waals surface area (Å²) in [5.41, 5.74) is 0.907. The van der Waals surface area contributed by atoms with Crippen molar-refractivity contribution in [3.05, 3.63) is 11.6 Å². The van der Waals surface area contributed by atoms with Crippen molar-refractivity contribution in [3.63, 3.8) is 0 Å². The van der Waals surface area contributed by atoms with E-state index in [4.69, 9.17) is 0 Å². The van der Waals surface area contributed by atoms with Gasteiger partial charge in [0.1, 0.15) is 0 Å². The Morgan fingerprint density at radius 2 is 2.36 bits per heavy atom. The smallest absolute Gasteiger partial charge is 0.249 e. The molecule has 0 N–H and O–H groups in total. The maximum absolute atomic E-state index is 11.4. The first kappa shape index (κ1) is 8.31. The summed E-state index contributed by atoms with van der Waals surface area (Å²) in [6, 6.07) is 0. The van der Waals surface area contributed by atoms with Crippen LogP contribution in [0.25, 0.3) is 0 Å². The van der Waals surface area contributed by atoms with E-state index >= 15 is 0 Å². The number of carbonyl (C=O) groups excluding carboxylic acids is 1. The van der Waals surface area contributed by atoms with Crippen molar-refractivity contribution in [2.24, 2.45) is 0 Å². The fourth-order valence-electron chi connectivity index (χ4n) is 1.36. The summed E-state index contributed by atoms with van der Waals surface area (Å²) in [5.74, 6) is 0.220. The lowest BCUT2D eigenvalue weighted by atomic mass is 10.1. The third-order valence-electron chi connectivity index (χ3n) is 1.97. The van der Waals surface area contributed by atoms with Crippen LogP contribution in [0.3, 0.4) is 0 Å². The summed E-state index contributed by atoms with van der Waals surface area (Å²) in [4.78, 5) is 13.3. The molecule has 0 saturated heterocycles. The van der Waals surface area contributed by atoms with Crippen molar-refractivity contribution in [2.75, 3.05) is 13.1 Å². The number of nitrogens with zero attached hydrogens (tertiary/aromatic N) is 1. The van der Waals surface area contributed by atoms with Crippen molar-refractivity contribution in [2.45, 2.75) is 26.7 Å². The molecule has 1 heterocycles. The van der Waals surface area contributed by atoms with Crippen LogP contribution in [0.15, 0.2) is 11.6 Å². The summed E-state index contributed by atoms with van der Waals surface area (Å²) >= 11 is 0. The average Bonchev–Trinajstić information content (AvgIpc) is 1.99. The second-order valence-electron chi connectivity index (χ2n) is 2.97. The van der Waals surface area contributed by atoms with Gasteiger partial charge in [-0.2, -0.15) is 0 Å². The Balaban J connectivity index is 2.57. The molecule has 2 heteroatoms. The highest BCUT2D eigenvalue weighted by Crippen LogP contribution is 2.10. The molecule has 1 rings (SSSR count). The van der Waals surface area contributed by atoms with E-state index in [1.165, 1.54) is 0 Å². The van der Waals surface area contributed by atoms with E-state index in [9.17, 15) is 4.79 Å². The van der Waals surface area contributed by atoms with Crippen LogP contribution in [0.4, 0.5) is 0 Å². The molecule has 0 aromatic heterocycles. The van der Waals surface area contributed by atoms with E-state index in [2.05, 4.69) is 6.92 Å². The fraction of sp³-hybridized carbons (Fsp3) is 0.667. The maximum atomic E-state index is 11.4. The van der Waals surface area contributed by atoms with E-state index < -0.39 is 0 Å². The zero-order chi connectivity index (χ0) is 8.27. The quantitative estimate of drug-likeness (QED) is 0.589. The molecule has 0 aromatic carbocycles. The Hall–Kier alpha value is -0.790. The highest BCUT2D eigenvalue weighted by atomic mass is 16.2. The monoisotopic (exact) mass is 153 g/mol. The maximum Gasteiger partial charge on any atom is 0.249 e. The molecular formula is C9H15NO. The summed E-state index contributed by atoms with van der Waals surface area (Å²) in [6.45, 7) is 5.80. The van der Waals surface area contributed by atoms with Crippen molar-refractivity contribution in [3.8, 4) is 0 Å². The molecule has 0 aliphatic carbocycles. The summed E-state index contributed by atoms with van der Waals surface area (Å²) in [5, 5.41) is 0. The first-order chi connectivity index (χ1) is 5.25. The minimum absolute atomic E-state index is 0.220. The molecule has 62 valence electrons. The third kappa shape index (κ3) is 1.82. The highest BCUT2D eigenvalue weighted by molar-refractivity contribution is 5.93. The molecule has 1 aliphatic heterocycles. The molecule has 1 aliphatic rings. The van der Waals surface area contributed by atoms with Gasteiger partial charge in [0.05, 0.1) is 0 Å². The van der Waals surface area contributed by atoms with E-state index in [-0.39, 0.29) is 5.91 Å². The van der Waals surface area contributed by atoms with Gasteiger partial charge < -0.3 is 4.90 Å². The van der Waals surface area contributed by atoms with Gasteiger partial charge in [-0.25, -0.2) is 0 Å². The molecule has 0 aromatic rings. The lowest BCUT2D eigenvalue weighted by Gasteiger charge is -2.25. The van der Waals surface area contributed by atoms with Gasteiger partial charge in [0.2, 0.25) is 5.91 Å². The molecule has 1 amide bonds. The van der Waals surface area contributed by atoms with Gasteiger partial charge in [0, 0.05) is 18.7 Å². The molecule has 0 radical (unpaired) electrons. The molecular weight excluding hydrogens is 138 g/mol. The second kappa shape index (κ2) is 3.56. The van der Waals surface area contributed by atoms with Gasteiger partial charge in [-0.15, -0.1) is 0 Å². The van der Waals surface area contributed by atoms with Crippen LogP contribution < -0.4 is 0 Å². The molecule has 2 nitrogen and oxygen atoms in total. The third-order valence-corrected chi connectivity index (χ3v) is 1.97. The van der Waals surface area contributed by atoms with Gasteiger partial charge in [-0.1, -0.05) is 13.0 Å². The summed E-state index contributed by atoms with van der Waals surface area (Å²) < 4.78 is 0.